The average Bonchev–Trinajstić information content (AvgIpc) is 2.87. The van der Waals surface area contributed by atoms with Crippen molar-refractivity contribution in [2.75, 3.05) is 26.7 Å². The van der Waals surface area contributed by atoms with Gasteiger partial charge in [-0.15, -0.1) is 0 Å². The normalized spacial score (nSPS) is 14.2. The van der Waals surface area contributed by atoms with Crippen molar-refractivity contribution in [2.45, 2.75) is 32.5 Å². The van der Waals surface area contributed by atoms with Crippen molar-refractivity contribution >= 4 is 23.5 Å². The van der Waals surface area contributed by atoms with Crippen molar-refractivity contribution < 1.29 is 27.5 Å². The van der Waals surface area contributed by atoms with Gasteiger partial charge in [-0.05, 0) is 66.6 Å². The Kier molecular flexibility index (Phi) is 8.57. The summed E-state index contributed by atoms with van der Waals surface area (Å²) in [6, 6.07) is 11.3. The van der Waals surface area contributed by atoms with Crippen molar-refractivity contribution in [3.8, 4) is 11.1 Å². The number of benzene rings is 2. The van der Waals surface area contributed by atoms with Gasteiger partial charge in [-0.3, -0.25) is 15.6 Å². The van der Waals surface area contributed by atoms with Crippen LogP contribution in [0.2, 0.25) is 0 Å². The maximum absolute atomic E-state index is 13.5. The first-order valence-electron chi connectivity index (χ1n) is 11.7. The van der Waals surface area contributed by atoms with Gasteiger partial charge in [-0.2, -0.15) is 13.2 Å². The Morgan fingerprint density at radius 1 is 1.08 bits per heavy atom. The monoisotopic (exact) mass is 517 g/mol. The maximum atomic E-state index is 13.5. The molecule has 0 unspecified atom stereocenters. The molecule has 1 aliphatic heterocycles. The van der Waals surface area contributed by atoms with E-state index in [9.17, 15) is 22.8 Å². The zero-order chi connectivity index (χ0) is 27.3. The quantitative estimate of drug-likeness (QED) is 0.291. The van der Waals surface area contributed by atoms with Crippen LogP contribution in [-0.2, 0) is 16.1 Å². The van der Waals surface area contributed by atoms with Gasteiger partial charge in [0, 0.05) is 31.7 Å². The number of halogens is 3. The smallest absolute Gasteiger partial charge is 0.465 e. The molecule has 0 radical (unpaired) electrons. The van der Waals surface area contributed by atoms with Crippen LogP contribution in [0.25, 0.3) is 11.1 Å². The summed E-state index contributed by atoms with van der Waals surface area (Å²) in [5.41, 5.74) is 7.60. The number of alkyl halides is 3. The second-order valence-corrected chi connectivity index (χ2v) is 9.10. The fourth-order valence-electron chi connectivity index (χ4n) is 4.43. The molecule has 0 saturated carbocycles. The average molecular weight is 518 g/mol. The Bertz CT molecular complexity index is 1190. The molecule has 0 aromatic heterocycles. The lowest BCUT2D eigenvalue weighted by Gasteiger charge is -2.35. The number of ether oxygens (including phenoxy) is 1. The molecule has 3 rings (SSSR count). The highest BCUT2D eigenvalue weighted by Crippen LogP contribution is 2.28. The summed E-state index contributed by atoms with van der Waals surface area (Å²) in [6.07, 6.45) is -3.93. The Morgan fingerprint density at radius 3 is 2.30 bits per heavy atom. The van der Waals surface area contributed by atoms with Gasteiger partial charge < -0.3 is 20.3 Å². The minimum Gasteiger partial charge on any atom is -0.465 e. The van der Waals surface area contributed by atoms with Crippen molar-refractivity contribution in [3.63, 3.8) is 0 Å². The van der Waals surface area contributed by atoms with E-state index in [2.05, 4.69) is 0 Å². The maximum Gasteiger partial charge on any atom is 0.471 e. The highest BCUT2D eigenvalue weighted by molar-refractivity contribution is 5.96. The second-order valence-electron chi connectivity index (χ2n) is 9.10. The molecule has 0 aliphatic carbocycles. The molecule has 37 heavy (non-hydrogen) atoms. The van der Waals surface area contributed by atoms with Crippen LogP contribution in [0.4, 0.5) is 13.2 Å². The van der Waals surface area contributed by atoms with E-state index in [1.807, 2.05) is 4.90 Å². The molecule has 4 N–H and O–H groups in total. The number of likely N-dealkylation sites (tertiary alicyclic amines) is 1. The number of piperidine rings is 1. The third kappa shape index (κ3) is 7.08. The number of nitrogens with one attached hydrogen (secondary N) is 2. The fourth-order valence-corrected chi connectivity index (χ4v) is 4.43. The lowest BCUT2D eigenvalue weighted by Crippen LogP contribution is -2.45. The molecule has 11 heteroatoms. The van der Waals surface area contributed by atoms with E-state index < -0.39 is 18.1 Å². The first-order chi connectivity index (χ1) is 17.4. The second kappa shape index (κ2) is 11.4. The zero-order valence-electron chi connectivity index (χ0n) is 20.7. The number of rotatable bonds is 7. The largest absolute Gasteiger partial charge is 0.471 e. The van der Waals surface area contributed by atoms with E-state index in [1.165, 1.54) is 13.2 Å². The number of esters is 1. The van der Waals surface area contributed by atoms with Gasteiger partial charge in [0.05, 0.1) is 18.5 Å². The molecule has 2 aromatic carbocycles. The summed E-state index contributed by atoms with van der Waals surface area (Å²) >= 11 is 0. The number of nitrogens with zero attached hydrogens (tertiary/aromatic N) is 2. The van der Waals surface area contributed by atoms with Crippen LogP contribution in [-0.4, -0.2) is 66.3 Å². The first kappa shape index (κ1) is 27.7. The first-order valence-corrected chi connectivity index (χ1v) is 11.7. The van der Waals surface area contributed by atoms with Crippen LogP contribution in [0.5, 0.6) is 0 Å². The summed E-state index contributed by atoms with van der Waals surface area (Å²) in [6.45, 7) is 2.30. The number of amides is 1. The standard InChI is InChI=1S/C26H30F3N5O3/c1-16(30)33-8-6-17(7-9-33)14-34(25(36)26(27,28)29)15-18-10-21(13-22(11-18)24(35)37-2)19-4-3-5-20(12-19)23(31)32/h3-5,10-13,17,30H,6-9,14-15H2,1-2H3,(H3,31,32). The van der Waals surface area contributed by atoms with Crippen LogP contribution >= 0.6 is 0 Å². The van der Waals surface area contributed by atoms with E-state index in [4.69, 9.17) is 21.3 Å². The van der Waals surface area contributed by atoms with Crippen molar-refractivity contribution in [1.82, 2.24) is 9.80 Å². The molecule has 0 bridgehead atoms. The van der Waals surface area contributed by atoms with Gasteiger partial charge in [0.2, 0.25) is 0 Å². The highest BCUT2D eigenvalue weighted by Gasteiger charge is 2.43. The molecule has 0 atom stereocenters. The van der Waals surface area contributed by atoms with Crippen LogP contribution in [0.15, 0.2) is 42.5 Å². The number of methoxy groups -OCH3 is 1. The van der Waals surface area contributed by atoms with Crippen LogP contribution in [0.3, 0.4) is 0 Å². The summed E-state index contributed by atoms with van der Waals surface area (Å²) in [5, 5.41) is 15.4. The minimum absolute atomic E-state index is 0.0964. The number of nitrogen functional groups attached to an aromatic ring is 1. The Hall–Kier alpha value is -3.89. The molecule has 2 aromatic rings. The molecule has 1 fully saturated rings. The molecular formula is C26H30F3N5O3. The molecule has 1 heterocycles. The van der Waals surface area contributed by atoms with E-state index in [0.717, 1.165) is 4.90 Å². The Balaban J connectivity index is 1.95. The number of hydrogen-bond donors (Lipinski definition) is 3. The van der Waals surface area contributed by atoms with Gasteiger partial charge >= 0.3 is 18.1 Å². The summed E-state index contributed by atoms with van der Waals surface area (Å²) < 4.78 is 45.4. The minimum atomic E-state index is -5.05. The van der Waals surface area contributed by atoms with Crippen LogP contribution in [0, 0.1) is 16.7 Å². The molecule has 1 amide bonds. The van der Waals surface area contributed by atoms with E-state index in [-0.39, 0.29) is 30.4 Å². The van der Waals surface area contributed by atoms with E-state index >= 15 is 0 Å². The predicted octanol–water partition coefficient (Wildman–Crippen LogP) is 4.02. The van der Waals surface area contributed by atoms with Gasteiger partial charge in [0.15, 0.2) is 0 Å². The summed E-state index contributed by atoms with van der Waals surface area (Å²) in [7, 11) is 1.20. The lowest BCUT2D eigenvalue weighted by molar-refractivity contribution is -0.186. The topological polar surface area (TPSA) is 124 Å². The summed E-state index contributed by atoms with van der Waals surface area (Å²) in [5.74, 6) is -2.52. The zero-order valence-corrected chi connectivity index (χ0v) is 20.7. The molecule has 198 valence electrons. The number of hydrogen-bond acceptors (Lipinski definition) is 5. The lowest BCUT2D eigenvalue weighted by atomic mass is 9.95. The van der Waals surface area contributed by atoms with Gasteiger partial charge in [0.25, 0.3) is 0 Å². The molecule has 1 aliphatic rings. The molecule has 8 nitrogen and oxygen atoms in total. The SMILES string of the molecule is COC(=O)c1cc(CN(CC2CCN(C(C)=N)CC2)C(=O)C(F)(F)F)cc(-c2cccc(C(=N)N)c2)c1. The van der Waals surface area contributed by atoms with Crippen molar-refractivity contribution in [1.29, 1.82) is 10.8 Å². The fraction of sp³-hybridized carbons (Fsp3) is 0.385. The molecule has 1 saturated heterocycles. The molecular weight excluding hydrogens is 487 g/mol. The van der Waals surface area contributed by atoms with Crippen molar-refractivity contribution in [2.24, 2.45) is 11.7 Å². The van der Waals surface area contributed by atoms with E-state index in [1.54, 1.807) is 43.3 Å². The number of amidine groups is 2. The third-order valence-electron chi connectivity index (χ3n) is 6.39. The number of nitrogens with two attached hydrogens (primary N) is 1. The van der Waals surface area contributed by atoms with Crippen molar-refractivity contribution in [3.05, 3.63) is 59.2 Å². The predicted molar refractivity (Wildman–Crippen MR) is 133 cm³/mol. The third-order valence-corrected chi connectivity index (χ3v) is 6.39. The van der Waals surface area contributed by atoms with E-state index in [0.29, 0.717) is 54.0 Å². The highest BCUT2D eigenvalue weighted by atomic mass is 19.4. The Morgan fingerprint density at radius 2 is 1.73 bits per heavy atom. The molecule has 0 spiro atoms. The summed E-state index contributed by atoms with van der Waals surface area (Å²) in [4.78, 5) is 27.4. The number of carbonyl (C=O) groups excluding carboxylic acids is 2. The van der Waals surface area contributed by atoms with Gasteiger partial charge in [-0.1, -0.05) is 18.2 Å². The number of carbonyl (C=O) groups is 2. The van der Waals surface area contributed by atoms with Gasteiger partial charge in [0.1, 0.15) is 5.84 Å². The van der Waals surface area contributed by atoms with Gasteiger partial charge in [-0.25, -0.2) is 4.79 Å². The Labute approximate surface area is 213 Å². The van der Waals surface area contributed by atoms with Crippen LogP contribution < -0.4 is 5.73 Å². The van der Waals surface area contributed by atoms with Crippen LogP contribution in [0.1, 0.15) is 41.3 Å².